The minimum Gasteiger partial charge on any atom is -0.352 e. The Bertz CT molecular complexity index is 1130. The molecular weight excluding hydrogens is 412 g/mol. The summed E-state index contributed by atoms with van der Waals surface area (Å²) < 4.78 is 6.86. The summed E-state index contributed by atoms with van der Waals surface area (Å²) in [6.45, 7) is 2.88. The number of hydrogen-bond acceptors (Lipinski definition) is 4. The second-order valence-electron chi connectivity index (χ2n) is 7.35. The molecule has 1 N–H and O–H groups in total. The fourth-order valence-corrected chi connectivity index (χ4v) is 3.71. The van der Waals surface area contributed by atoms with Gasteiger partial charge in [0.1, 0.15) is 0 Å². The zero-order chi connectivity index (χ0) is 21.6. The maximum Gasteiger partial charge on any atom is 0.229 e. The molecular formula is C24H23ClN4O2. The highest BCUT2D eigenvalue weighted by Crippen LogP contribution is 2.23. The number of nitrogens with one attached hydrogen (secondary N) is 1. The molecule has 31 heavy (non-hydrogen) atoms. The number of aryl methyl sites for hydroxylation is 1. The molecule has 0 aliphatic carbocycles. The van der Waals surface area contributed by atoms with Crippen molar-refractivity contribution in [3.8, 4) is 11.3 Å². The molecule has 2 heterocycles. The summed E-state index contributed by atoms with van der Waals surface area (Å²) in [7, 11) is 0. The van der Waals surface area contributed by atoms with Gasteiger partial charge in [-0.15, -0.1) is 0 Å². The van der Waals surface area contributed by atoms with Gasteiger partial charge in [0.05, 0.1) is 17.9 Å². The Hall–Kier alpha value is -3.38. The van der Waals surface area contributed by atoms with Crippen molar-refractivity contribution in [3.63, 3.8) is 0 Å². The molecule has 0 atom stereocenters. The molecule has 0 saturated carbocycles. The zero-order valence-electron chi connectivity index (χ0n) is 17.2. The predicted octanol–water partition coefficient (Wildman–Crippen LogP) is 4.80. The summed E-state index contributed by atoms with van der Waals surface area (Å²) in [4.78, 5) is 12.4. The lowest BCUT2D eigenvalue weighted by Gasteiger charge is -2.06. The molecule has 2 aromatic heterocycles. The number of nitrogens with zero attached hydrogens (tertiary/aromatic N) is 3. The lowest BCUT2D eigenvalue weighted by Crippen LogP contribution is -2.23. The summed E-state index contributed by atoms with van der Waals surface area (Å²) in [5, 5.41) is 11.9. The predicted molar refractivity (Wildman–Crippen MR) is 120 cm³/mol. The molecule has 6 nitrogen and oxygen atoms in total. The van der Waals surface area contributed by atoms with Gasteiger partial charge in [-0.2, -0.15) is 5.10 Å². The van der Waals surface area contributed by atoms with Gasteiger partial charge in [-0.25, -0.2) is 0 Å². The van der Waals surface area contributed by atoms with Crippen molar-refractivity contribution in [2.45, 2.75) is 32.9 Å². The first kappa shape index (κ1) is 20.9. The van der Waals surface area contributed by atoms with Gasteiger partial charge in [-0.05, 0) is 30.5 Å². The van der Waals surface area contributed by atoms with E-state index in [2.05, 4.69) is 22.6 Å². The summed E-state index contributed by atoms with van der Waals surface area (Å²) >= 11 is 5.99. The number of aromatic nitrogens is 3. The van der Waals surface area contributed by atoms with Crippen molar-refractivity contribution in [3.05, 3.63) is 94.5 Å². The molecule has 0 unspecified atom stereocenters. The molecule has 4 aromatic rings. The third-order valence-corrected chi connectivity index (χ3v) is 5.38. The molecule has 0 aliphatic heterocycles. The molecule has 1 amide bonds. The Balaban J connectivity index is 1.46. The molecule has 0 saturated heterocycles. The van der Waals surface area contributed by atoms with E-state index in [0.717, 1.165) is 22.4 Å². The summed E-state index contributed by atoms with van der Waals surface area (Å²) in [5.74, 6) is -0.0634. The van der Waals surface area contributed by atoms with Crippen molar-refractivity contribution >= 4 is 17.5 Å². The van der Waals surface area contributed by atoms with Gasteiger partial charge < -0.3 is 9.84 Å². The molecule has 0 spiro atoms. The normalized spacial score (nSPS) is 10.9. The van der Waals surface area contributed by atoms with Crippen LogP contribution in [0.1, 0.15) is 28.8 Å². The monoisotopic (exact) mass is 434 g/mol. The van der Waals surface area contributed by atoms with Crippen molar-refractivity contribution in [2.24, 2.45) is 0 Å². The van der Waals surface area contributed by atoms with E-state index in [1.54, 1.807) is 0 Å². The van der Waals surface area contributed by atoms with Crippen molar-refractivity contribution in [1.82, 2.24) is 20.3 Å². The van der Waals surface area contributed by atoms with Gasteiger partial charge in [0.15, 0.2) is 0 Å². The first-order chi connectivity index (χ1) is 15.1. The quantitative estimate of drug-likeness (QED) is 0.432. The van der Waals surface area contributed by atoms with Crippen LogP contribution >= 0.6 is 11.6 Å². The largest absolute Gasteiger partial charge is 0.352 e. The van der Waals surface area contributed by atoms with Crippen LogP contribution in [0.15, 0.2) is 71.4 Å². The molecule has 0 bridgehead atoms. The van der Waals surface area contributed by atoms with E-state index < -0.39 is 0 Å². The number of benzene rings is 2. The molecule has 0 fully saturated rings. The Morgan fingerprint density at radius 2 is 1.81 bits per heavy atom. The second kappa shape index (κ2) is 9.62. The van der Waals surface area contributed by atoms with Crippen LogP contribution in [-0.2, 0) is 24.3 Å². The van der Waals surface area contributed by atoms with Crippen LogP contribution in [0, 0.1) is 6.92 Å². The van der Waals surface area contributed by atoms with Crippen LogP contribution in [0.5, 0.6) is 0 Å². The molecule has 2 aromatic carbocycles. The Morgan fingerprint density at radius 3 is 2.48 bits per heavy atom. The van der Waals surface area contributed by atoms with Gasteiger partial charge in [-0.3, -0.25) is 9.48 Å². The van der Waals surface area contributed by atoms with Crippen LogP contribution in [0.2, 0.25) is 5.22 Å². The number of amides is 1. The topological polar surface area (TPSA) is 73.0 Å². The molecule has 158 valence electrons. The third-order valence-electron chi connectivity index (χ3n) is 5.09. The first-order valence-electron chi connectivity index (χ1n) is 10.1. The number of rotatable bonds is 8. The average molecular weight is 435 g/mol. The van der Waals surface area contributed by atoms with Gasteiger partial charge in [-0.1, -0.05) is 65.8 Å². The molecule has 4 rings (SSSR count). The average Bonchev–Trinajstić information content (AvgIpc) is 3.34. The van der Waals surface area contributed by atoms with Crippen LogP contribution < -0.4 is 5.32 Å². The van der Waals surface area contributed by atoms with Gasteiger partial charge in [0, 0.05) is 35.9 Å². The van der Waals surface area contributed by atoms with Gasteiger partial charge >= 0.3 is 0 Å². The minimum absolute atomic E-state index is 0.0634. The summed E-state index contributed by atoms with van der Waals surface area (Å²) in [5.41, 5.74) is 5.51. The van der Waals surface area contributed by atoms with Crippen molar-refractivity contribution < 1.29 is 9.32 Å². The smallest absolute Gasteiger partial charge is 0.229 e. The lowest BCUT2D eigenvalue weighted by molar-refractivity contribution is -0.121. The van der Waals surface area contributed by atoms with Gasteiger partial charge in [0.2, 0.25) is 11.1 Å². The highest BCUT2D eigenvalue weighted by molar-refractivity contribution is 6.29. The molecule has 7 heteroatoms. The maximum absolute atomic E-state index is 12.4. The fraction of sp³-hybridized carbons (Fsp3) is 0.208. The van der Waals surface area contributed by atoms with E-state index in [-0.39, 0.29) is 11.1 Å². The molecule has 0 radical (unpaired) electrons. The SMILES string of the molecule is Cc1noc(Cl)c1CCC(=O)NCc1cn(Cc2ccccc2)nc1-c1ccccc1. The number of carbonyl (C=O) groups excluding carboxylic acids is 1. The van der Waals surface area contributed by atoms with Crippen LogP contribution in [0.25, 0.3) is 11.3 Å². The highest BCUT2D eigenvalue weighted by atomic mass is 35.5. The van der Waals surface area contributed by atoms with Crippen molar-refractivity contribution in [2.75, 3.05) is 0 Å². The minimum atomic E-state index is -0.0634. The standard InChI is InChI=1S/C24H23ClN4O2/c1-17-21(24(25)31-28-17)12-13-22(30)26-14-20-16-29(15-18-8-4-2-5-9-18)27-23(20)19-10-6-3-7-11-19/h2-11,16H,12-15H2,1H3,(H,26,30). The van der Waals surface area contributed by atoms with E-state index in [0.29, 0.717) is 31.6 Å². The van der Waals surface area contributed by atoms with Crippen LogP contribution in [-0.4, -0.2) is 20.8 Å². The zero-order valence-corrected chi connectivity index (χ0v) is 18.0. The number of halogens is 1. The van der Waals surface area contributed by atoms with E-state index in [9.17, 15) is 4.79 Å². The maximum atomic E-state index is 12.4. The number of hydrogen-bond donors (Lipinski definition) is 1. The Morgan fingerprint density at radius 1 is 1.10 bits per heavy atom. The Labute approximate surface area is 185 Å². The summed E-state index contributed by atoms with van der Waals surface area (Å²) in [6.07, 6.45) is 2.79. The van der Waals surface area contributed by atoms with E-state index in [4.69, 9.17) is 21.2 Å². The van der Waals surface area contributed by atoms with Crippen molar-refractivity contribution in [1.29, 1.82) is 0 Å². The third kappa shape index (κ3) is 5.22. The summed E-state index contributed by atoms with van der Waals surface area (Å²) in [6, 6.07) is 20.2. The van der Waals surface area contributed by atoms with Crippen LogP contribution in [0.4, 0.5) is 0 Å². The molecule has 0 aliphatic rings. The van der Waals surface area contributed by atoms with E-state index in [1.165, 1.54) is 5.56 Å². The second-order valence-corrected chi connectivity index (χ2v) is 7.69. The highest BCUT2D eigenvalue weighted by Gasteiger charge is 2.15. The number of carbonyl (C=O) groups is 1. The van der Waals surface area contributed by atoms with E-state index in [1.807, 2.05) is 66.3 Å². The fourth-order valence-electron chi connectivity index (χ4n) is 3.44. The first-order valence-corrected chi connectivity index (χ1v) is 10.5. The van der Waals surface area contributed by atoms with E-state index >= 15 is 0 Å². The Kier molecular flexibility index (Phi) is 6.48. The van der Waals surface area contributed by atoms with Gasteiger partial charge in [0.25, 0.3) is 0 Å². The lowest BCUT2D eigenvalue weighted by atomic mass is 10.1. The van der Waals surface area contributed by atoms with Crippen LogP contribution in [0.3, 0.4) is 0 Å².